The van der Waals surface area contributed by atoms with Crippen molar-refractivity contribution in [1.29, 1.82) is 0 Å². The van der Waals surface area contributed by atoms with Gasteiger partial charge in [-0.25, -0.2) is 19.0 Å². The third-order valence-electron chi connectivity index (χ3n) is 5.96. The Morgan fingerprint density at radius 1 is 1.21 bits per heavy atom. The number of benzene rings is 2. The Hall–Kier alpha value is -3.92. The molecule has 168 valence electrons. The SMILES string of the molecule is Cn1c(=O)oc2cc(-n3nc(C(=O)O)c(=O)n(C4CCCc5c(Cl)cccc54)c3=O)ccc21. The zero-order valence-electron chi connectivity index (χ0n) is 17.3. The van der Waals surface area contributed by atoms with E-state index < -0.39 is 34.7 Å². The summed E-state index contributed by atoms with van der Waals surface area (Å²) >= 11 is 6.34. The zero-order chi connectivity index (χ0) is 23.4. The van der Waals surface area contributed by atoms with Crippen LogP contribution < -0.4 is 17.0 Å². The minimum atomic E-state index is -1.56. The first-order valence-corrected chi connectivity index (χ1v) is 10.5. The fourth-order valence-corrected chi connectivity index (χ4v) is 4.64. The lowest BCUT2D eigenvalue weighted by molar-refractivity contribution is 0.0684. The van der Waals surface area contributed by atoms with Crippen molar-refractivity contribution < 1.29 is 14.3 Å². The first kappa shape index (κ1) is 21.0. The number of aromatic nitrogens is 4. The molecule has 5 rings (SSSR count). The predicted octanol–water partition coefficient (Wildman–Crippen LogP) is 2.12. The topological polar surface area (TPSA) is 129 Å². The summed E-state index contributed by atoms with van der Waals surface area (Å²) in [5.74, 6) is -2.15. The van der Waals surface area contributed by atoms with Gasteiger partial charge in [0.2, 0.25) is 5.69 Å². The number of nitrogens with zero attached hydrogens (tertiary/aromatic N) is 4. The molecule has 1 atom stereocenters. The normalized spacial score (nSPS) is 15.5. The minimum absolute atomic E-state index is 0.153. The molecule has 0 aliphatic heterocycles. The maximum absolute atomic E-state index is 13.5. The fourth-order valence-electron chi connectivity index (χ4n) is 4.37. The summed E-state index contributed by atoms with van der Waals surface area (Å²) < 4.78 is 8.24. The highest BCUT2D eigenvalue weighted by molar-refractivity contribution is 6.31. The molecule has 4 aromatic rings. The first-order chi connectivity index (χ1) is 15.8. The number of carboxylic acid groups (broad SMARTS) is 1. The molecule has 2 heterocycles. The predicted molar refractivity (Wildman–Crippen MR) is 119 cm³/mol. The summed E-state index contributed by atoms with van der Waals surface area (Å²) in [4.78, 5) is 50.2. The van der Waals surface area contributed by atoms with E-state index in [4.69, 9.17) is 16.0 Å². The highest BCUT2D eigenvalue weighted by Gasteiger charge is 2.29. The van der Waals surface area contributed by atoms with Crippen molar-refractivity contribution in [3.63, 3.8) is 0 Å². The van der Waals surface area contributed by atoms with Gasteiger partial charge in [0, 0.05) is 18.1 Å². The van der Waals surface area contributed by atoms with E-state index in [1.165, 1.54) is 23.7 Å². The van der Waals surface area contributed by atoms with Gasteiger partial charge in [0.25, 0.3) is 5.56 Å². The maximum atomic E-state index is 13.5. The van der Waals surface area contributed by atoms with E-state index in [0.29, 0.717) is 35.4 Å². The maximum Gasteiger partial charge on any atom is 0.419 e. The van der Waals surface area contributed by atoms with Crippen LogP contribution in [0.15, 0.2) is 55.2 Å². The largest absolute Gasteiger partial charge is 0.476 e. The van der Waals surface area contributed by atoms with E-state index in [2.05, 4.69) is 5.10 Å². The number of hydrogen-bond donors (Lipinski definition) is 1. The molecule has 0 fully saturated rings. The van der Waals surface area contributed by atoms with Crippen molar-refractivity contribution in [1.82, 2.24) is 18.9 Å². The quantitative estimate of drug-likeness (QED) is 0.487. The highest BCUT2D eigenvalue weighted by Crippen LogP contribution is 2.35. The average molecular weight is 469 g/mol. The molecule has 1 aliphatic carbocycles. The van der Waals surface area contributed by atoms with Gasteiger partial charge in [0.15, 0.2) is 5.58 Å². The van der Waals surface area contributed by atoms with Gasteiger partial charge in [-0.15, -0.1) is 0 Å². The number of carboxylic acids is 1. The summed E-state index contributed by atoms with van der Waals surface area (Å²) in [6, 6.07) is 9.01. The fraction of sp³-hybridized carbons (Fsp3) is 0.227. The molecule has 1 aliphatic rings. The van der Waals surface area contributed by atoms with Crippen LogP contribution >= 0.6 is 11.6 Å². The molecule has 0 bridgehead atoms. The van der Waals surface area contributed by atoms with Crippen LogP contribution in [0.1, 0.15) is 40.5 Å². The lowest BCUT2D eigenvalue weighted by atomic mass is 9.87. The van der Waals surface area contributed by atoms with Gasteiger partial charge < -0.3 is 9.52 Å². The second kappa shape index (κ2) is 7.59. The van der Waals surface area contributed by atoms with Crippen LogP contribution in [0.3, 0.4) is 0 Å². The van der Waals surface area contributed by atoms with E-state index in [1.807, 2.05) is 0 Å². The van der Waals surface area contributed by atoms with Crippen LogP contribution in [-0.2, 0) is 13.5 Å². The molecular weight excluding hydrogens is 452 g/mol. The number of aryl methyl sites for hydroxylation is 1. The van der Waals surface area contributed by atoms with E-state index in [9.17, 15) is 24.3 Å². The van der Waals surface area contributed by atoms with E-state index in [1.54, 1.807) is 24.3 Å². The Morgan fingerprint density at radius 3 is 2.76 bits per heavy atom. The number of halogens is 1. The van der Waals surface area contributed by atoms with Crippen LogP contribution in [0.2, 0.25) is 5.02 Å². The molecule has 0 saturated carbocycles. The Balaban J connectivity index is 1.79. The smallest absolute Gasteiger partial charge is 0.419 e. The summed E-state index contributed by atoms with van der Waals surface area (Å²) in [7, 11) is 1.53. The van der Waals surface area contributed by atoms with Crippen molar-refractivity contribution in [2.45, 2.75) is 25.3 Å². The third-order valence-corrected chi connectivity index (χ3v) is 6.32. The second-order valence-electron chi connectivity index (χ2n) is 7.82. The van der Waals surface area contributed by atoms with Gasteiger partial charge in [-0.3, -0.25) is 9.36 Å². The Morgan fingerprint density at radius 2 is 2.00 bits per heavy atom. The molecule has 10 nitrogen and oxygen atoms in total. The molecular formula is C22H17ClN4O6. The Kier molecular flexibility index (Phi) is 4.82. The second-order valence-corrected chi connectivity index (χ2v) is 8.23. The zero-order valence-corrected chi connectivity index (χ0v) is 18.1. The summed E-state index contributed by atoms with van der Waals surface area (Å²) in [5.41, 5.74) is -0.230. The number of oxazole rings is 1. The molecule has 2 aromatic heterocycles. The Labute approximate surface area is 189 Å². The number of aromatic carboxylic acids is 1. The number of hydrogen-bond acceptors (Lipinski definition) is 6. The lowest BCUT2D eigenvalue weighted by Crippen LogP contribution is -2.46. The Bertz CT molecular complexity index is 1630. The minimum Gasteiger partial charge on any atom is -0.476 e. The molecule has 0 saturated heterocycles. The number of fused-ring (bicyclic) bond motifs is 2. The summed E-state index contributed by atoms with van der Waals surface area (Å²) in [6.07, 6.45) is 1.81. The van der Waals surface area contributed by atoms with Crippen molar-refractivity contribution in [3.05, 3.63) is 89.6 Å². The van der Waals surface area contributed by atoms with Crippen molar-refractivity contribution in [2.75, 3.05) is 0 Å². The van der Waals surface area contributed by atoms with E-state index in [-0.39, 0.29) is 11.3 Å². The van der Waals surface area contributed by atoms with Crippen LogP contribution in [0.25, 0.3) is 16.8 Å². The third kappa shape index (κ3) is 3.21. The summed E-state index contributed by atoms with van der Waals surface area (Å²) in [5, 5.41) is 14.0. The molecule has 0 amide bonds. The molecule has 11 heteroatoms. The molecule has 2 aromatic carbocycles. The average Bonchev–Trinajstić information content (AvgIpc) is 3.07. The lowest BCUT2D eigenvalue weighted by Gasteiger charge is -2.27. The van der Waals surface area contributed by atoms with Crippen LogP contribution in [-0.4, -0.2) is 30.0 Å². The van der Waals surface area contributed by atoms with Gasteiger partial charge in [0.05, 0.1) is 17.2 Å². The van der Waals surface area contributed by atoms with Gasteiger partial charge in [-0.1, -0.05) is 23.7 Å². The van der Waals surface area contributed by atoms with Gasteiger partial charge in [-0.2, -0.15) is 9.78 Å². The molecule has 33 heavy (non-hydrogen) atoms. The van der Waals surface area contributed by atoms with Crippen LogP contribution in [0.5, 0.6) is 0 Å². The molecule has 0 radical (unpaired) electrons. The van der Waals surface area contributed by atoms with Crippen LogP contribution in [0.4, 0.5) is 0 Å². The van der Waals surface area contributed by atoms with Crippen LogP contribution in [0, 0.1) is 0 Å². The summed E-state index contributed by atoms with van der Waals surface area (Å²) in [6.45, 7) is 0. The standard InChI is InChI=1S/C22H17ClN4O6/c1-25-16-9-8-11(10-17(16)33-22(25)32)27-21(31)26(19(28)18(24-27)20(29)30)15-7-3-4-12-13(15)5-2-6-14(12)23/h2,5-6,8-10,15H,3-4,7H2,1H3,(H,29,30). The monoisotopic (exact) mass is 468 g/mol. The molecule has 1 unspecified atom stereocenters. The number of rotatable bonds is 3. The van der Waals surface area contributed by atoms with Crippen molar-refractivity contribution >= 4 is 28.7 Å². The van der Waals surface area contributed by atoms with Gasteiger partial charge >= 0.3 is 17.4 Å². The van der Waals surface area contributed by atoms with E-state index in [0.717, 1.165) is 14.8 Å². The molecule has 1 N–H and O–H groups in total. The van der Waals surface area contributed by atoms with Gasteiger partial charge in [0.1, 0.15) is 0 Å². The van der Waals surface area contributed by atoms with E-state index >= 15 is 0 Å². The van der Waals surface area contributed by atoms with Crippen molar-refractivity contribution in [2.24, 2.45) is 7.05 Å². The highest BCUT2D eigenvalue weighted by atomic mass is 35.5. The first-order valence-electron chi connectivity index (χ1n) is 10.1. The van der Waals surface area contributed by atoms with Gasteiger partial charge in [-0.05, 0) is 48.6 Å². The molecule has 0 spiro atoms. The van der Waals surface area contributed by atoms with Crippen molar-refractivity contribution in [3.8, 4) is 5.69 Å². The number of carbonyl (C=O) groups is 1.